The van der Waals surface area contributed by atoms with Gasteiger partial charge >= 0.3 is 0 Å². The first-order valence-corrected chi connectivity index (χ1v) is 9.82. The van der Waals surface area contributed by atoms with E-state index in [0.29, 0.717) is 0 Å². The molecule has 8 heteroatoms. The number of methoxy groups -OCH3 is 2. The minimum atomic E-state index is -4.94. The third-order valence-electron chi connectivity index (χ3n) is 4.18. The summed E-state index contributed by atoms with van der Waals surface area (Å²) in [7, 11) is -1.57. The first kappa shape index (κ1) is 22.6. The molecule has 0 radical (unpaired) electrons. The Labute approximate surface area is 171 Å². The molecule has 29 heavy (non-hydrogen) atoms. The second kappa shape index (κ2) is 10.2. The van der Waals surface area contributed by atoms with Crippen LogP contribution in [0.3, 0.4) is 0 Å². The van der Waals surface area contributed by atoms with Gasteiger partial charge in [0.05, 0.1) is 14.2 Å². The number of ether oxygens (including phenoxy) is 2. The van der Waals surface area contributed by atoms with Gasteiger partial charge in [0.25, 0.3) is 0 Å². The summed E-state index contributed by atoms with van der Waals surface area (Å²) in [6.45, 7) is 2.10. The van der Waals surface area contributed by atoms with Gasteiger partial charge in [-0.1, -0.05) is 0 Å². The average Bonchev–Trinajstić information content (AvgIpc) is 2.69. The van der Waals surface area contributed by atoms with Gasteiger partial charge in [0.15, 0.2) is 12.4 Å². The first-order chi connectivity index (χ1) is 13.7. The predicted molar refractivity (Wildman–Crippen MR) is 94.6 cm³/mol. The van der Waals surface area contributed by atoms with Crippen LogP contribution in [-0.4, -0.2) is 14.2 Å². The van der Waals surface area contributed by atoms with Crippen molar-refractivity contribution in [2.45, 2.75) is 13.0 Å². The lowest BCUT2D eigenvalue weighted by molar-refractivity contribution is -2.00. The Hall–Kier alpha value is -2.68. The molecule has 0 N–H and O–H groups in total. The number of aryl methyl sites for hydroxylation is 1. The van der Waals surface area contributed by atoms with Crippen molar-refractivity contribution in [2.75, 3.05) is 14.2 Å². The van der Waals surface area contributed by atoms with Crippen LogP contribution in [0.1, 0.15) is 22.7 Å². The van der Waals surface area contributed by atoms with Crippen LogP contribution >= 0.6 is 0 Å². The van der Waals surface area contributed by atoms with Crippen LogP contribution in [0, 0.1) is 17.2 Å². The van der Waals surface area contributed by atoms with Crippen LogP contribution in [-0.2, 0) is 0 Å². The van der Waals surface area contributed by atoms with Gasteiger partial charge in [0, 0.05) is 23.3 Å². The molecule has 0 saturated carbocycles. The van der Waals surface area contributed by atoms with E-state index >= 15 is 0 Å². The second-order valence-corrected chi connectivity index (χ2v) is 6.91. The van der Waals surface area contributed by atoms with E-state index in [1.54, 1.807) is 14.2 Å². The first-order valence-electron chi connectivity index (χ1n) is 8.58. The smallest absolute Gasteiger partial charge is 0.208 e. The van der Waals surface area contributed by atoms with Crippen molar-refractivity contribution in [2.24, 2.45) is 0 Å². The van der Waals surface area contributed by atoms with Crippen LogP contribution in [0.15, 0.2) is 73.1 Å². The van der Waals surface area contributed by atoms with Crippen LogP contribution in [0.4, 0.5) is 0 Å². The monoisotopic (exact) mass is 419 g/mol. The van der Waals surface area contributed by atoms with Gasteiger partial charge in [-0.2, -0.15) is 4.57 Å². The van der Waals surface area contributed by atoms with E-state index in [-0.39, 0.29) is 6.04 Å². The van der Waals surface area contributed by atoms with Gasteiger partial charge in [-0.25, -0.2) is 18.6 Å². The maximum absolute atomic E-state index is 8.49. The number of pyridine rings is 1. The summed E-state index contributed by atoms with van der Waals surface area (Å²) in [5.41, 5.74) is 3.65. The average molecular weight is 420 g/mol. The molecule has 0 bridgehead atoms. The SMILES string of the molecule is COc1ccc(C(c2ccc(OC)cc2)[n+]2ccc(C)cc2)cc1.[O-][Cl+3]([O-])([O-])[O-]. The van der Waals surface area contributed by atoms with E-state index < -0.39 is 10.2 Å². The van der Waals surface area contributed by atoms with E-state index in [1.807, 2.05) is 24.3 Å². The zero-order valence-electron chi connectivity index (χ0n) is 16.3. The highest BCUT2D eigenvalue weighted by molar-refractivity contribution is 5.36. The Balaban J connectivity index is 0.000000537. The van der Waals surface area contributed by atoms with Crippen LogP contribution in [0.25, 0.3) is 0 Å². The molecule has 0 aliphatic heterocycles. The number of hydrogen-bond acceptors (Lipinski definition) is 6. The van der Waals surface area contributed by atoms with E-state index in [1.165, 1.54) is 16.7 Å². The van der Waals surface area contributed by atoms with Crippen molar-refractivity contribution in [1.82, 2.24) is 0 Å². The quantitative estimate of drug-likeness (QED) is 0.499. The molecule has 0 saturated heterocycles. The highest BCUT2D eigenvalue weighted by atomic mass is 35.7. The lowest BCUT2D eigenvalue weighted by Crippen LogP contribution is -2.68. The summed E-state index contributed by atoms with van der Waals surface area (Å²) < 4.78 is 46.8. The van der Waals surface area contributed by atoms with Crippen molar-refractivity contribution in [3.05, 3.63) is 89.7 Å². The Morgan fingerprint density at radius 2 is 1.03 bits per heavy atom. The molecule has 0 unspecified atom stereocenters. The predicted octanol–water partition coefficient (Wildman–Crippen LogP) is -0.819. The molecule has 0 aliphatic rings. The minimum absolute atomic E-state index is 0.0995. The fourth-order valence-corrected chi connectivity index (χ4v) is 2.79. The van der Waals surface area contributed by atoms with E-state index in [4.69, 9.17) is 28.1 Å². The fourth-order valence-electron chi connectivity index (χ4n) is 2.79. The number of aromatic nitrogens is 1. The Kier molecular flexibility index (Phi) is 7.95. The molecule has 1 heterocycles. The Morgan fingerprint density at radius 1 is 0.690 bits per heavy atom. The van der Waals surface area contributed by atoms with Gasteiger partial charge in [-0.3, -0.25) is 0 Å². The summed E-state index contributed by atoms with van der Waals surface area (Å²) in [4.78, 5) is 0. The van der Waals surface area contributed by atoms with Crippen molar-refractivity contribution < 1.29 is 42.9 Å². The third kappa shape index (κ3) is 7.34. The molecule has 1 aromatic heterocycles. The molecule has 3 rings (SSSR count). The van der Waals surface area contributed by atoms with E-state index in [2.05, 4.69) is 60.3 Å². The molecule has 0 aliphatic carbocycles. The number of benzene rings is 2. The standard InChI is InChI=1S/C21H22NO2.ClHO4/c1-16-12-14-22(15-13-16)21(17-4-8-19(23-2)9-5-17)18-6-10-20(24-3)11-7-18;2-1(3,4)5/h4-15,21H,1-3H3;(H,2,3,4,5)/q+1;/p-1. The lowest BCUT2D eigenvalue weighted by atomic mass is 9.98. The number of rotatable bonds is 5. The summed E-state index contributed by atoms with van der Waals surface area (Å²) >= 11 is 0. The van der Waals surface area contributed by atoms with Crippen LogP contribution < -0.4 is 32.7 Å². The van der Waals surface area contributed by atoms with Crippen LogP contribution in [0.5, 0.6) is 11.5 Å². The topological polar surface area (TPSA) is 115 Å². The summed E-state index contributed by atoms with van der Waals surface area (Å²) in [6.07, 6.45) is 4.24. The molecular weight excluding hydrogens is 398 g/mol. The largest absolute Gasteiger partial charge is 0.497 e. The van der Waals surface area contributed by atoms with Crippen molar-refractivity contribution in [3.8, 4) is 11.5 Å². The Bertz CT molecular complexity index is 824. The maximum Gasteiger partial charge on any atom is 0.208 e. The van der Waals surface area contributed by atoms with Crippen molar-refractivity contribution >= 4 is 0 Å². The molecule has 7 nitrogen and oxygen atoms in total. The van der Waals surface area contributed by atoms with Gasteiger partial charge in [0.1, 0.15) is 11.5 Å². The number of halogens is 1. The lowest BCUT2D eigenvalue weighted by Gasteiger charge is -2.17. The molecule has 0 fully saturated rings. The van der Waals surface area contributed by atoms with Crippen molar-refractivity contribution in [3.63, 3.8) is 0 Å². The molecule has 0 amide bonds. The van der Waals surface area contributed by atoms with Gasteiger partial charge in [-0.15, -0.1) is 10.2 Å². The normalized spacial score (nSPS) is 10.9. The number of nitrogens with zero attached hydrogens (tertiary/aromatic N) is 1. The molecule has 0 spiro atoms. The van der Waals surface area contributed by atoms with Gasteiger partial charge in [-0.05, 0) is 61.0 Å². The summed E-state index contributed by atoms with van der Waals surface area (Å²) in [5, 5.41) is 0. The molecule has 2 aromatic carbocycles. The molecular formula is C21H22ClNO6. The van der Waals surface area contributed by atoms with Gasteiger partial charge in [0.2, 0.25) is 6.04 Å². The number of hydrogen-bond donors (Lipinski definition) is 0. The molecule has 3 aromatic rings. The van der Waals surface area contributed by atoms with E-state index in [9.17, 15) is 0 Å². The van der Waals surface area contributed by atoms with Crippen molar-refractivity contribution in [1.29, 1.82) is 0 Å². The highest BCUT2D eigenvalue weighted by Crippen LogP contribution is 2.25. The summed E-state index contributed by atoms with van der Waals surface area (Å²) in [6, 6.07) is 20.8. The second-order valence-electron chi connectivity index (χ2n) is 6.15. The Morgan fingerprint density at radius 3 is 1.34 bits per heavy atom. The zero-order chi connectivity index (χ0) is 21.4. The third-order valence-corrected chi connectivity index (χ3v) is 4.18. The summed E-state index contributed by atoms with van der Waals surface area (Å²) in [5.74, 6) is 1.72. The molecule has 0 atom stereocenters. The van der Waals surface area contributed by atoms with Crippen LogP contribution in [0.2, 0.25) is 0 Å². The van der Waals surface area contributed by atoms with Gasteiger partial charge < -0.3 is 9.47 Å². The fraction of sp³-hybridized carbons (Fsp3) is 0.190. The highest BCUT2D eigenvalue weighted by Gasteiger charge is 2.23. The zero-order valence-corrected chi connectivity index (χ0v) is 17.0. The minimum Gasteiger partial charge on any atom is -0.497 e. The maximum atomic E-state index is 8.49. The van der Waals surface area contributed by atoms with E-state index in [0.717, 1.165) is 11.5 Å². The molecule has 154 valence electrons.